The van der Waals surface area contributed by atoms with E-state index in [-0.39, 0.29) is 12.3 Å². The number of epoxide rings is 1. The van der Waals surface area contributed by atoms with Gasteiger partial charge in [-0.25, -0.2) is 4.79 Å². The van der Waals surface area contributed by atoms with Crippen LogP contribution < -0.4 is 4.74 Å². The van der Waals surface area contributed by atoms with Crippen molar-refractivity contribution in [2.24, 2.45) is 0 Å². The van der Waals surface area contributed by atoms with Gasteiger partial charge in [-0.3, -0.25) is 10.1 Å². The molecule has 1 fully saturated rings. The van der Waals surface area contributed by atoms with Crippen molar-refractivity contribution in [3.8, 4) is 5.75 Å². The van der Waals surface area contributed by atoms with E-state index in [9.17, 15) is 14.9 Å². The minimum Gasteiger partial charge on any atom is -0.494 e. The summed E-state index contributed by atoms with van der Waals surface area (Å²) < 4.78 is 10.3. The molecular formula is C12H13NO6. The monoisotopic (exact) mass is 267 g/mol. The van der Waals surface area contributed by atoms with Crippen LogP contribution in [0.25, 0.3) is 0 Å². The Kier molecular flexibility index (Phi) is 3.66. The predicted molar refractivity (Wildman–Crippen MR) is 64.1 cm³/mol. The first-order valence-corrected chi connectivity index (χ1v) is 5.78. The molecule has 7 nitrogen and oxygen atoms in total. The zero-order valence-electron chi connectivity index (χ0n) is 10.1. The third kappa shape index (κ3) is 3.19. The fourth-order valence-electron chi connectivity index (χ4n) is 1.67. The van der Waals surface area contributed by atoms with Crippen LogP contribution in [0.4, 0.5) is 5.69 Å². The molecule has 1 unspecified atom stereocenters. The van der Waals surface area contributed by atoms with Crippen LogP contribution in [0.1, 0.15) is 12.8 Å². The van der Waals surface area contributed by atoms with Gasteiger partial charge >= 0.3 is 5.97 Å². The van der Waals surface area contributed by atoms with Crippen molar-refractivity contribution >= 4 is 11.7 Å². The standard InChI is InChI=1S/C12H13NO6/c14-11(15)12(8-19-12)6-1-7-18-10-4-2-9(3-5-10)13(16)17/h2-5H,1,6-8H2,(H,14,15). The highest BCUT2D eigenvalue weighted by Gasteiger charge is 2.51. The lowest BCUT2D eigenvalue weighted by Gasteiger charge is -2.08. The summed E-state index contributed by atoms with van der Waals surface area (Å²) in [6.45, 7) is 0.593. The smallest absolute Gasteiger partial charge is 0.338 e. The minimum absolute atomic E-state index is 0.00330. The normalized spacial score (nSPS) is 20.8. The molecule has 0 saturated carbocycles. The number of aliphatic carboxylic acids is 1. The van der Waals surface area contributed by atoms with E-state index >= 15 is 0 Å². The Morgan fingerprint density at radius 2 is 2.11 bits per heavy atom. The number of rotatable bonds is 7. The Bertz CT molecular complexity index is 479. The summed E-state index contributed by atoms with van der Waals surface area (Å²) in [5, 5.41) is 19.3. The summed E-state index contributed by atoms with van der Waals surface area (Å²) in [7, 11) is 0. The predicted octanol–water partition coefficient (Wildman–Crippen LogP) is 1.61. The third-order valence-corrected chi connectivity index (χ3v) is 2.92. The van der Waals surface area contributed by atoms with Crippen molar-refractivity contribution in [1.29, 1.82) is 0 Å². The van der Waals surface area contributed by atoms with Crippen molar-refractivity contribution in [1.82, 2.24) is 0 Å². The second kappa shape index (κ2) is 5.23. The lowest BCUT2D eigenvalue weighted by molar-refractivity contribution is -0.384. The summed E-state index contributed by atoms with van der Waals surface area (Å²) in [5.41, 5.74) is -1.01. The maximum absolute atomic E-state index is 10.8. The van der Waals surface area contributed by atoms with Crippen molar-refractivity contribution in [2.75, 3.05) is 13.2 Å². The highest BCUT2D eigenvalue weighted by molar-refractivity contribution is 5.80. The van der Waals surface area contributed by atoms with Crippen LogP contribution in [0.3, 0.4) is 0 Å². The minimum atomic E-state index is -1.02. The number of non-ortho nitro benzene ring substituents is 1. The maximum Gasteiger partial charge on any atom is 0.338 e. The molecule has 1 N–H and O–H groups in total. The number of carboxylic acid groups (broad SMARTS) is 1. The molecule has 19 heavy (non-hydrogen) atoms. The number of nitro benzene ring substituents is 1. The lowest BCUT2D eigenvalue weighted by atomic mass is 10.1. The first-order valence-electron chi connectivity index (χ1n) is 5.78. The van der Waals surface area contributed by atoms with Gasteiger partial charge in [0.1, 0.15) is 5.75 Å². The topological polar surface area (TPSA) is 102 Å². The number of nitrogens with zero attached hydrogens (tertiary/aromatic N) is 1. The number of ether oxygens (including phenoxy) is 2. The number of hydrogen-bond acceptors (Lipinski definition) is 5. The van der Waals surface area contributed by atoms with Gasteiger partial charge in [0.05, 0.1) is 18.1 Å². The molecule has 7 heteroatoms. The number of hydrogen-bond donors (Lipinski definition) is 1. The molecule has 0 spiro atoms. The zero-order chi connectivity index (χ0) is 13.9. The fraction of sp³-hybridized carbons (Fsp3) is 0.417. The molecule has 1 aromatic carbocycles. The number of carboxylic acids is 1. The zero-order valence-corrected chi connectivity index (χ0v) is 10.1. The van der Waals surface area contributed by atoms with Gasteiger partial charge in [-0.2, -0.15) is 0 Å². The van der Waals surface area contributed by atoms with E-state index in [4.69, 9.17) is 14.6 Å². The molecule has 2 rings (SSSR count). The van der Waals surface area contributed by atoms with Gasteiger partial charge in [0.2, 0.25) is 0 Å². The van der Waals surface area contributed by atoms with Crippen molar-refractivity contribution in [3.05, 3.63) is 34.4 Å². The molecule has 1 aliphatic heterocycles. The van der Waals surface area contributed by atoms with Crippen LogP contribution in [0.5, 0.6) is 5.75 Å². The van der Waals surface area contributed by atoms with E-state index < -0.39 is 16.5 Å². The Morgan fingerprint density at radius 3 is 2.58 bits per heavy atom. The highest BCUT2D eigenvalue weighted by atomic mass is 16.6. The Balaban J connectivity index is 1.74. The molecule has 1 aromatic rings. The van der Waals surface area contributed by atoms with Crippen LogP contribution in [-0.4, -0.2) is 34.8 Å². The van der Waals surface area contributed by atoms with Gasteiger partial charge in [-0.15, -0.1) is 0 Å². The molecule has 0 radical (unpaired) electrons. The quantitative estimate of drug-likeness (QED) is 0.348. The van der Waals surface area contributed by atoms with Gasteiger partial charge in [0, 0.05) is 12.1 Å². The number of carbonyl (C=O) groups is 1. The molecule has 0 aromatic heterocycles. The molecule has 1 atom stereocenters. The van der Waals surface area contributed by atoms with E-state index in [0.717, 1.165) is 0 Å². The van der Waals surface area contributed by atoms with Crippen molar-refractivity contribution in [3.63, 3.8) is 0 Å². The first kappa shape index (κ1) is 13.3. The van der Waals surface area contributed by atoms with Crippen molar-refractivity contribution in [2.45, 2.75) is 18.4 Å². The third-order valence-electron chi connectivity index (χ3n) is 2.92. The maximum atomic E-state index is 10.8. The van der Waals surface area contributed by atoms with Crippen LogP contribution in [-0.2, 0) is 9.53 Å². The van der Waals surface area contributed by atoms with Crippen LogP contribution >= 0.6 is 0 Å². The van der Waals surface area contributed by atoms with Gasteiger partial charge in [-0.05, 0) is 25.0 Å². The van der Waals surface area contributed by atoms with Gasteiger partial charge < -0.3 is 14.6 Å². The van der Waals surface area contributed by atoms with Crippen LogP contribution in [0.15, 0.2) is 24.3 Å². The molecule has 0 aliphatic carbocycles. The molecule has 0 bridgehead atoms. The average Bonchev–Trinajstić information content (AvgIpc) is 3.16. The van der Waals surface area contributed by atoms with E-state index in [2.05, 4.69) is 0 Å². The van der Waals surface area contributed by atoms with E-state index in [1.54, 1.807) is 0 Å². The van der Waals surface area contributed by atoms with Gasteiger partial charge in [0.25, 0.3) is 5.69 Å². The van der Waals surface area contributed by atoms with Crippen LogP contribution in [0, 0.1) is 10.1 Å². The Labute approximate surface area is 108 Å². The SMILES string of the molecule is O=C(O)C1(CCCOc2ccc([N+](=O)[O-])cc2)CO1. The molecule has 1 heterocycles. The summed E-state index contributed by atoms with van der Waals surface area (Å²) >= 11 is 0. The van der Waals surface area contributed by atoms with Crippen molar-refractivity contribution < 1.29 is 24.3 Å². The summed E-state index contributed by atoms with van der Waals surface area (Å²) in [5.74, 6) is -0.422. The van der Waals surface area contributed by atoms with E-state index in [1.165, 1.54) is 24.3 Å². The first-order chi connectivity index (χ1) is 9.03. The number of nitro groups is 1. The molecule has 0 amide bonds. The molecule has 1 saturated heterocycles. The second-order valence-corrected chi connectivity index (χ2v) is 4.29. The Hall–Kier alpha value is -2.15. The van der Waals surface area contributed by atoms with E-state index in [0.29, 0.717) is 25.2 Å². The Morgan fingerprint density at radius 1 is 1.47 bits per heavy atom. The highest BCUT2D eigenvalue weighted by Crippen LogP contribution is 2.32. The fourth-order valence-corrected chi connectivity index (χ4v) is 1.67. The summed E-state index contributed by atoms with van der Waals surface area (Å²) in [6, 6.07) is 5.74. The number of benzene rings is 1. The molecule has 1 aliphatic rings. The average molecular weight is 267 g/mol. The lowest BCUT2D eigenvalue weighted by Crippen LogP contribution is -2.24. The van der Waals surface area contributed by atoms with Gasteiger partial charge in [-0.1, -0.05) is 0 Å². The molecule has 102 valence electrons. The summed E-state index contributed by atoms with van der Waals surface area (Å²) in [4.78, 5) is 20.8. The van der Waals surface area contributed by atoms with E-state index in [1.807, 2.05) is 0 Å². The second-order valence-electron chi connectivity index (χ2n) is 4.29. The summed E-state index contributed by atoms with van der Waals surface area (Å²) in [6.07, 6.45) is 0.943. The largest absolute Gasteiger partial charge is 0.494 e. The van der Waals surface area contributed by atoms with Crippen LogP contribution in [0.2, 0.25) is 0 Å². The molecular weight excluding hydrogens is 254 g/mol. The van der Waals surface area contributed by atoms with Gasteiger partial charge in [0.15, 0.2) is 5.60 Å².